The lowest BCUT2D eigenvalue weighted by molar-refractivity contribution is 0.231. The van der Waals surface area contributed by atoms with Crippen LogP contribution in [-0.2, 0) is 5.41 Å². The summed E-state index contributed by atoms with van der Waals surface area (Å²) in [5, 5.41) is 1.29. The monoisotopic (exact) mass is 341 g/mol. The van der Waals surface area contributed by atoms with Crippen LogP contribution in [0.3, 0.4) is 0 Å². The summed E-state index contributed by atoms with van der Waals surface area (Å²) >= 11 is 12.4. The van der Waals surface area contributed by atoms with E-state index in [1.807, 2.05) is 6.07 Å². The zero-order valence-corrected chi connectivity index (χ0v) is 15.2. The van der Waals surface area contributed by atoms with E-state index >= 15 is 0 Å². The van der Waals surface area contributed by atoms with E-state index in [0.717, 1.165) is 6.42 Å². The van der Waals surface area contributed by atoms with Gasteiger partial charge in [0.05, 0.1) is 10.0 Å². The molecule has 3 heteroatoms. The molecular formula is C19H29Cl2N. The van der Waals surface area contributed by atoms with Crippen LogP contribution in [0.4, 0.5) is 0 Å². The number of unbranched alkanes of at least 4 members (excludes halogenated alkanes) is 3. The average molecular weight is 342 g/mol. The van der Waals surface area contributed by atoms with Crippen molar-refractivity contribution >= 4 is 23.2 Å². The molecule has 1 aliphatic carbocycles. The van der Waals surface area contributed by atoms with Gasteiger partial charge in [-0.05, 0) is 37.0 Å². The lowest BCUT2D eigenvalue weighted by atomic mass is 9.64. The molecule has 1 atom stereocenters. The van der Waals surface area contributed by atoms with Crippen LogP contribution >= 0.6 is 23.2 Å². The molecule has 1 nitrogen and oxygen atoms in total. The van der Waals surface area contributed by atoms with Crippen molar-refractivity contribution in [3.63, 3.8) is 0 Å². The maximum absolute atomic E-state index is 6.71. The highest BCUT2D eigenvalue weighted by Gasteiger charge is 2.39. The standard InChI is InChI=1S/C19H29Cl2N/c1-2-3-4-6-9-18(22)19(12-7-5-8-13-19)15-10-11-16(20)17(21)14-15/h10-11,14,18H,2-9,12-13,22H2,1H3. The van der Waals surface area contributed by atoms with Crippen molar-refractivity contribution in [1.29, 1.82) is 0 Å². The molecule has 22 heavy (non-hydrogen) atoms. The molecule has 0 radical (unpaired) electrons. The van der Waals surface area contributed by atoms with Gasteiger partial charge in [0.25, 0.3) is 0 Å². The van der Waals surface area contributed by atoms with E-state index in [-0.39, 0.29) is 11.5 Å². The molecular weight excluding hydrogens is 313 g/mol. The maximum Gasteiger partial charge on any atom is 0.0595 e. The molecule has 1 saturated carbocycles. The first-order valence-corrected chi connectivity index (χ1v) is 9.57. The summed E-state index contributed by atoms with van der Waals surface area (Å²) in [6, 6.07) is 6.35. The molecule has 124 valence electrons. The molecule has 1 fully saturated rings. The Bertz CT molecular complexity index is 467. The SMILES string of the molecule is CCCCCCC(N)C1(c2ccc(Cl)c(Cl)c2)CCCCC1. The van der Waals surface area contributed by atoms with E-state index in [2.05, 4.69) is 19.1 Å². The Morgan fingerprint density at radius 1 is 1.05 bits per heavy atom. The van der Waals surface area contributed by atoms with Crippen LogP contribution in [0.5, 0.6) is 0 Å². The third kappa shape index (κ3) is 4.19. The van der Waals surface area contributed by atoms with Gasteiger partial charge < -0.3 is 5.73 Å². The van der Waals surface area contributed by atoms with Crippen molar-refractivity contribution in [3.8, 4) is 0 Å². The zero-order valence-electron chi connectivity index (χ0n) is 13.7. The highest BCUT2D eigenvalue weighted by molar-refractivity contribution is 6.42. The Hall–Kier alpha value is -0.240. The fraction of sp³-hybridized carbons (Fsp3) is 0.684. The minimum Gasteiger partial charge on any atom is -0.327 e. The number of rotatable bonds is 7. The molecule has 1 aromatic rings. The number of hydrogen-bond donors (Lipinski definition) is 1. The summed E-state index contributed by atoms with van der Waals surface area (Å²) in [5.74, 6) is 0. The smallest absolute Gasteiger partial charge is 0.0595 e. The van der Waals surface area contributed by atoms with Gasteiger partial charge in [0, 0.05) is 11.5 Å². The second kappa shape index (κ2) is 8.57. The zero-order chi connectivity index (χ0) is 16.0. The molecule has 0 heterocycles. The van der Waals surface area contributed by atoms with E-state index in [1.54, 1.807) is 0 Å². The van der Waals surface area contributed by atoms with Crippen LogP contribution in [0, 0.1) is 0 Å². The molecule has 1 aliphatic rings. The number of halogens is 2. The second-order valence-corrected chi connectivity index (χ2v) is 7.62. The lowest BCUT2D eigenvalue weighted by Gasteiger charge is -2.43. The number of nitrogens with two attached hydrogens (primary N) is 1. The lowest BCUT2D eigenvalue weighted by Crippen LogP contribution is -2.46. The first kappa shape index (κ1) is 18.1. The van der Waals surface area contributed by atoms with Crippen molar-refractivity contribution in [2.45, 2.75) is 82.6 Å². The van der Waals surface area contributed by atoms with Gasteiger partial charge in [0.2, 0.25) is 0 Å². The molecule has 2 rings (SSSR count). The Balaban J connectivity index is 2.17. The van der Waals surface area contributed by atoms with Gasteiger partial charge in [-0.2, -0.15) is 0 Å². The summed E-state index contributed by atoms with van der Waals surface area (Å²) in [7, 11) is 0. The number of hydrogen-bond acceptors (Lipinski definition) is 1. The summed E-state index contributed by atoms with van der Waals surface area (Å²) in [6.07, 6.45) is 12.4. The Kier molecular flexibility index (Phi) is 7.05. The largest absolute Gasteiger partial charge is 0.327 e. The van der Waals surface area contributed by atoms with E-state index in [9.17, 15) is 0 Å². The average Bonchev–Trinajstić information content (AvgIpc) is 2.54. The van der Waals surface area contributed by atoms with E-state index in [1.165, 1.54) is 63.4 Å². The predicted octanol–water partition coefficient (Wildman–Crippen LogP) is 6.49. The summed E-state index contributed by atoms with van der Waals surface area (Å²) in [5.41, 5.74) is 8.10. The fourth-order valence-electron chi connectivity index (χ4n) is 3.93. The van der Waals surface area contributed by atoms with Gasteiger partial charge >= 0.3 is 0 Å². The third-order valence-corrected chi connectivity index (χ3v) is 6.06. The Morgan fingerprint density at radius 3 is 2.41 bits per heavy atom. The highest BCUT2D eigenvalue weighted by atomic mass is 35.5. The number of benzene rings is 1. The van der Waals surface area contributed by atoms with Crippen molar-refractivity contribution < 1.29 is 0 Å². The molecule has 0 amide bonds. The second-order valence-electron chi connectivity index (χ2n) is 6.80. The maximum atomic E-state index is 6.71. The molecule has 0 spiro atoms. The van der Waals surface area contributed by atoms with Gasteiger partial charge in [-0.25, -0.2) is 0 Å². The van der Waals surface area contributed by atoms with Gasteiger partial charge in [0.1, 0.15) is 0 Å². The van der Waals surface area contributed by atoms with Gasteiger partial charge in [-0.15, -0.1) is 0 Å². The van der Waals surface area contributed by atoms with Crippen molar-refractivity contribution in [1.82, 2.24) is 0 Å². The van der Waals surface area contributed by atoms with E-state index in [4.69, 9.17) is 28.9 Å². The molecule has 2 N–H and O–H groups in total. The summed E-state index contributed by atoms with van der Waals surface area (Å²) in [6.45, 7) is 2.25. The fourth-order valence-corrected chi connectivity index (χ4v) is 4.23. The highest BCUT2D eigenvalue weighted by Crippen LogP contribution is 2.44. The third-order valence-electron chi connectivity index (χ3n) is 5.32. The first-order valence-electron chi connectivity index (χ1n) is 8.81. The van der Waals surface area contributed by atoms with Crippen LogP contribution in [-0.4, -0.2) is 6.04 Å². The molecule has 1 unspecified atom stereocenters. The normalized spacial score (nSPS) is 19.1. The van der Waals surface area contributed by atoms with E-state index < -0.39 is 0 Å². The summed E-state index contributed by atoms with van der Waals surface area (Å²) < 4.78 is 0. The van der Waals surface area contributed by atoms with Crippen LogP contribution in [0.2, 0.25) is 10.0 Å². The van der Waals surface area contributed by atoms with Crippen LogP contribution < -0.4 is 5.73 Å². The molecule has 0 aromatic heterocycles. The minimum absolute atomic E-state index is 0.0959. The van der Waals surface area contributed by atoms with Crippen molar-refractivity contribution in [2.75, 3.05) is 0 Å². The topological polar surface area (TPSA) is 26.0 Å². The Labute approximate surface area is 145 Å². The minimum atomic E-state index is 0.0959. The van der Waals surface area contributed by atoms with Gasteiger partial charge in [0.15, 0.2) is 0 Å². The molecule has 0 bridgehead atoms. The first-order chi connectivity index (χ1) is 10.6. The Morgan fingerprint density at radius 2 is 1.77 bits per heavy atom. The summed E-state index contributed by atoms with van der Waals surface area (Å²) in [4.78, 5) is 0. The quantitative estimate of drug-likeness (QED) is 0.563. The van der Waals surface area contributed by atoms with Crippen LogP contribution in [0.25, 0.3) is 0 Å². The molecule has 0 saturated heterocycles. The molecule has 1 aromatic carbocycles. The van der Waals surface area contributed by atoms with Gasteiger partial charge in [-0.3, -0.25) is 0 Å². The van der Waals surface area contributed by atoms with Crippen molar-refractivity contribution in [3.05, 3.63) is 33.8 Å². The predicted molar refractivity (Wildman–Crippen MR) is 98.0 cm³/mol. The van der Waals surface area contributed by atoms with Crippen LogP contribution in [0.1, 0.15) is 76.7 Å². The van der Waals surface area contributed by atoms with E-state index in [0.29, 0.717) is 10.0 Å². The van der Waals surface area contributed by atoms with Crippen molar-refractivity contribution in [2.24, 2.45) is 5.73 Å². The van der Waals surface area contributed by atoms with Gasteiger partial charge in [-0.1, -0.05) is 81.1 Å². The van der Waals surface area contributed by atoms with Crippen LogP contribution in [0.15, 0.2) is 18.2 Å². The molecule has 0 aliphatic heterocycles.